The summed E-state index contributed by atoms with van der Waals surface area (Å²) < 4.78 is 0. The van der Waals surface area contributed by atoms with Crippen LogP contribution in [0.3, 0.4) is 0 Å². The monoisotopic (exact) mass is 349 g/mol. The topological polar surface area (TPSA) is 60.8 Å². The van der Waals surface area contributed by atoms with Crippen molar-refractivity contribution in [1.82, 2.24) is 0 Å². The zero-order valence-electron chi connectivity index (χ0n) is 15.7. The van der Waals surface area contributed by atoms with Crippen LogP contribution in [-0.4, -0.2) is 30.9 Å². The molecule has 0 aliphatic rings. The van der Waals surface area contributed by atoms with Gasteiger partial charge in [-0.1, -0.05) is 70.2 Å². The highest BCUT2D eigenvalue weighted by molar-refractivity contribution is 5.76. The Kier molecular flexibility index (Phi) is 20.1. The van der Waals surface area contributed by atoms with Gasteiger partial charge in [-0.15, -0.1) is 0 Å². The lowest BCUT2D eigenvalue weighted by Gasteiger charge is -2.11. The van der Waals surface area contributed by atoms with Crippen LogP contribution in [0.15, 0.2) is 48.5 Å². The van der Waals surface area contributed by atoms with Gasteiger partial charge in [-0.3, -0.25) is 15.3 Å². The standard InChI is InChI=1S/C9H11NO.C9H12.C2H6.CH4.H2O2/c1-10(2)9-5-3-4-8(6-9)7-11;1-3-9-6-4-5-8(2)7-9;1-2;;1-2/h3-7H,1-2H3;4-7H,3H2,1-2H3;1-2H3;1H4;1-2H. The molecule has 4 nitrogen and oxygen atoms in total. The number of rotatable bonds is 3. The maximum atomic E-state index is 10.4. The largest absolute Gasteiger partial charge is 0.378 e. The molecule has 2 rings (SSSR count). The summed E-state index contributed by atoms with van der Waals surface area (Å²) in [5.41, 5.74) is 4.55. The molecule has 0 amide bonds. The third-order valence-electron chi connectivity index (χ3n) is 3.01. The molecule has 2 N–H and O–H groups in total. The first kappa shape index (κ1) is 27.7. The lowest BCUT2D eigenvalue weighted by atomic mass is 10.1. The van der Waals surface area contributed by atoms with Crippen molar-refractivity contribution in [3.63, 3.8) is 0 Å². The first-order valence-electron chi connectivity index (χ1n) is 8.05. The Morgan fingerprint density at radius 3 is 1.96 bits per heavy atom. The summed E-state index contributed by atoms with van der Waals surface area (Å²) in [5, 5.41) is 12.0. The van der Waals surface area contributed by atoms with Crippen LogP contribution in [0.4, 0.5) is 5.69 Å². The minimum Gasteiger partial charge on any atom is -0.378 e. The average molecular weight is 350 g/mol. The van der Waals surface area contributed by atoms with Gasteiger partial charge in [0.2, 0.25) is 0 Å². The molecular weight excluding hydrogens is 314 g/mol. The van der Waals surface area contributed by atoms with E-state index in [0.717, 1.165) is 24.0 Å². The Morgan fingerprint density at radius 2 is 1.56 bits per heavy atom. The molecule has 0 saturated heterocycles. The maximum absolute atomic E-state index is 10.4. The highest BCUT2D eigenvalue weighted by Crippen LogP contribution is 2.11. The van der Waals surface area contributed by atoms with Crippen molar-refractivity contribution in [3.05, 3.63) is 65.2 Å². The molecule has 2 aromatic carbocycles. The van der Waals surface area contributed by atoms with Crippen LogP contribution in [-0.2, 0) is 6.42 Å². The van der Waals surface area contributed by atoms with E-state index in [1.54, 1.807) is 6.07 Å². The van der Waals surface area contributed by atoms with Gasteiger partial charge in [0, 0.05) is 25.3 Å². The van der Waals surface area contributed by atoms with Crippen LogP contribution < -0.4 is 4.90 Å². The quantitative estimate of drug-likeness (QED) is 0.417. The van der Waals surface area contributed by atoms with Crippen LogP contribution in [0, 0.1) is 6.92 Å². The lowest BCUT2D eigenvalue weighted by molar-refractivity contribution is -0.176. The number of carbonyl (C=O) groups excluding carboxylic acids is 1. The molecule has 4 heteroatoms. The van der Waals surface area contributed by atoms with E-state index in [9.17, 15) is 4.79 Å². The number of nitrogens with zero attached hydrogens (tertiary/aromatic N) is 1. The Morgan fingerprint density at radius 1 is 1.00 bits per heavy atom. The van der Waals surface area contributed by atoms with Crippen molar-refractivity contribution in [2.45, 2.75) is 41.5 Å². The summed E-state index contributed by atoms with van der Waals surface area (Å²) in [6, 6.07) is 16.1. The van der Waals surface area contributed by atoms with E-state index < -0.39 is 0 Å². The minimum absolute atomic E-state index is 0. The molecule has 0 aromatic heterocycles. The van der Waals surface area contributed by atoms with Crippen LogP contribution in [0.25, 0.3) is 0 Å². The van der Waals surface area contributed by atoms with E-state index >= 15 is 0 Å². The molecule has 0 fully saturated rings. The third-order valence-corrected chi connectivity index (χ3v) is 3.01. The fraction of sp³-hybridized carbons (Fsp3) is 0.381. The van der Waals surface area contributed by atoms with Crippen molar-refractivity contribution in [2.24, 2.45) is 0 Å². The second-order valence-electron chi connectivity index (χ2n) is 4.95. The molecule has 0 aliphatic carbocycles. The smallest absolute Gasteiger partial charge is 0.150 e. The fourth-order valence-electron chi connectivity index (χ4n) is 1.81. The number of aryl methyl sites for hydroxylation is 2. The highest BCUT2D eigenvalue weighted by Gasteiger charge is 1.94. The number of hydrogen-bond donors (Lipinski definition) is 2. The number of aldehydes is 1. The molecule has 0 heterocycles. The van der Waals surface area contributed by atoms with E-state index in [4.69, 9.17) is 10.5 Å². The zero-order chi connectivity index (χ0) is 19.0. The van der Waals surface area contributed by atoms with E-state index in [-0.39, 0.29) is 7.43 Å². The lowest BCUT2D eigenvalue weighted by Crippen LogP contribution is -2.08. The maximum Gasteiger partial charge on any atom is 0.150 e. The van der Waals surface area contributed by atoms with Gasteiger partial charge in [0.25, 0.3) is 0 Å². The summed E-state index contributed by atoms with van der Waals surface area (Å²) in [7, 11) is 3.90. The first-order valence-corrected chi connectivity index (χ1v) is 8.05. The summed E-state index contributed by atoms with van der Waals surface area (Å²) in [6.07, 6.45) is 1.99. The van der Waals surface area contributed by atoms with Gasteiger partial charge in [-0.2, -0.15) is 0 Å². The van der Waals surface area contributed by atoms with E-state index in [0.29, 0.717) is 0 Å². The van der Waals surface area contributed by atoms with Crippen molar-refractivity contribution >= 4 is 12.0 Å². The first-order chi connectivity index (χ1) is 11.6. The van der Waals surface area contributed by atoms with Gasteiger partial charge in [-0.05, 0) is 31.0 Å². The molecule has 0 atom stereocenters. The van der Waals surface area contributed by atoms with Gasteiger partial charge in [-0.25, -0.2) is 0 Å². The highest BCUT2D eigenvalue weighted by atomic mass is 17.0. The van der Waals surface area contributed by atoms with Gasteiger partial charge >= 0.3 is 0 Å². The van der Waals surface area contributed by atoms with E-state index in [1.165, 1.54) is 11.1 Å². The van der Waals surface area contributed by atoms with Gasteiger partial charge in [0.05, 0.1) is 0 Å². The molecular formula is C21H35NO3. The van der Waals surface area contributed by atoms with Crippen molar-refractivity contribution in [1.29, 1.82) is 0 Å². The second kappa shape index (κ2) is 18.2. The normalized spacial score (nSPS) is 8.00. The predicted molar refractivity (Wildman–Crippen MR) is 110 cm³/mol. The van der Waals surface area contributed by atoms with Crippen molar-refractivity contribution in [2.75, 3.05) is 19.0 Å². The zero-order valence-corrected chi connectivity index (χ0v) is 15.7. The Labute approximate surface area is 153 Å². The minimum atomic E-state index is 0. The molecule has 25 heavy (non-hydrogen) atoms. The number of carbonyl (C=O) groups is 1. The molecule has 0 radical (unpaired) electrons. The summed E-state index contributed by atoms with van der Waals surface area (Å²) in [5.74, 6) is 0. The summed E-state index contributed by atoms with van der Waals surface area (Å²) in [4.78, 5) is 12.3. The van der Waals surface area contributed by atoms with Crippen molar-refractivity contribution in [3.8, 4) is 0 Å². The Hall–Kier alpha value is -2.17. The molecule has 142 valence electrons. The number of benzene rings is 2. The SMILES string of the molecule is C.CC.CCc1cccc(C)c1.CN(C)c1cccc(C=O)c1.OO. The number of anilines is 1. The Bertz CT molecular complexity index is 554. The average Bonchev–Trinajstić information content (AvgIpc) is 2.65. The van der Waals surface area contributed by atoms with Crippen molar-refractivity contribution < 1.29 is 15.3 Å². The van der Waals surface area contributed by atoms with Gasteiger partial charge < -0.3 is 4.90 Å². The molecule has 2 aromatic rings. The van der Waals surface area contributed by atoms with E-state index in [2.05, 4.69) is 38.1 Å². The molecule has 0 aliphatic heterocycles. The molecule has 0 unspecified atom stereocenters. The molecule has 0 bridgehead atoms. The molecule has 0 spiro atoms. The summed E-state index contributed by atoms with van der Waals surface area (Å²) >= 11 is 0. The Balaban J connectivity index is -0.000000316. The van der Waals surface area contributed by atoms with Crippen LogP contribution in [0.5, 0.6) is 0 Å². The second-order valence-corrected chi connectivity index (χ2v) is 4.95. The van der Waals surface area contributed by atoms with Gasteiger partial charge in [0.15, 0.2) is 0 Å². The molecule has 0 saturated carbocycles. The van der Waals surface area contributed by atoms with Crippen LogP contribution in [0.2, 0.25) is 0 Å². The van der Waals surface area contributed by atoms with Crippen LogP contribution >= 0.6 is 0 Å². The predicted octanol–water partition coefficient (Wildman–Crippen LogP) is 5.80. The van der Waals surface area contributed by atoms with Crippen LogP contribution in [0.1, 0.15) is 49.7 Å². The summed E-state index contributed by atoms with van der Waals surface area (Å²) in [6.45, 7) is 8.30. The van der Waals surface area contributed by atoms with Gasteiger partial charge in [0.1, 0.15) is 6.29 Å². The van der Waals surface area contributed by atoms with E-state index in [1.807, 2.05) is 51.0 Å². The fourth-order valence-corrected chi connectivity index (χ4v) is 1.81. The number of hydrogen-bond acceptors (Lipinski definition) is 4. The third kappa shape index (κ3) is 12.9.